The van der Waals surface area contributed by atoms with Crippen LogP contribution in [-0.4, -0.2) is 29.8 Å². The molecule has 1 saturated heterocycles. The molecule has 92 valence electrons. The molecule has 2 aliphatic rings. The van der Waals surface area contributed by atoms with E-state index in [0.29, 0.717) is 6.04 Å². The minimum atomic E-state index is -0.413. The number of hydrogen-bond acceptors (Lipinski definition) is 3. The minimum absolute atomic E-state index is 0.0150. The summed E-state index contributed by atoms with van der Waals surface area (Å²) in [6.07, 6.45) is 4.24. The quantitative estimate of drug-likeness (QED) is 0.755. The number of ether oxygens (including phenoxy) is 1. The predicted molar refractivity (Wildman–Crippen MR) is 62.4 cm³/mol. The van der Waals surface area contributed by atoms with E-state index in [1.165, 1.54) is 6.42 Å². The average Bonchev–Trinajstić information content (AvgIpc) is 2.71. The van der Waals surface area contributed by atoms with Gasteiger partial charge in [-0.15, -0.1) is 0 Å². The Bertz CT molecular complexity index is 273. The molecule has 2 N–H and O–H groups in total. The van der Waals surface area contributed by atoms with Crippen LogP contribution in [0.15, 0.2) is 0 Å². The van der Waals surface area contributed by atoms with E-state index in [9.17, 15) is 4.79 Å². The summed E-state index contributed by atoms with van der Waals surface area (Å²) in [5, 5.41) is 6.50. The highest BCUT2D eigenvalue weighted by Crippen LogP contribution is 2.41. The molecule has 0 spiro atoms. The van der Waals surface area contributed by atoms with Crippen LogP contribution in [0.25, 0.3) is 0 Å². The maximum absolute atomic E-state index is 11.7. The van der Waals surface area contributed by atoms with E-state index in [2.05, 4.69) is 10.6 Å². The Balaban J connectivity index is 1.86. The highest BCUT2D eigenvalue weighted by molar-refractivity contribution is 5.69. The van der Waals surface area contributed by atoms with Crippen LogP contribution < -0.4 is 10.6 Å². The molecule has 1 saturated carbocycles. The van der Waals surface area contributed by atoms with Gasteiger partial charge in [-0.3, -0.25) is 0 Å². The molecule has 0 bridgehead atoms. The van der Waals surface area contributed by atoms with Crippen molar-refractivity contribution in [2.75, 3.05) is 6.54 Å². The first-order valence-electron chi connectivity index (χ1n) is 6.16. The van der Waals surface area contributed by atoms with Crippen LogP contribution in [0.3, 0.4) is 0 Å². The third-order valence-corrected chi connectivity index (χ3v) is 3.27. The molecule has 1 aliphatic heterocycles. The monoisotopic (exact) mass is 226 g/mol. The van der Waals surface area contributed by atoms with Crippen molar-refractivity contribution in [3.63, 3.8) is 0 Å². The molecule has 4 nitrogen and oxygen atoms in total. The van der Waals surface area contributed by atoms with E-state index < -0.39 is 5.60 Å². The number of carbonyl (C=O) groups is 1. The third kappa shape index (κ3) is 2.67. The van der Waals surface area contributed by atoms with Crippen molar-refractivity contribution >= 4 is 6.09 Å². The van der Waals surface area contributed by atoms with Gasteiger partial charge in [-0.1, -0.05) is 0 Å². The summed E-state index contributed by atoms with van der Waals surface area (Å²) in [5.41, 5.74) is -0.428. The lowest BCUT2D eigenvalue weighted by atomic mass is 10.0. The summed E-state index contributed by atoms with van der Waals surface area (Å²) in [6, 6.07) is 0.444. The Labute approximate surface area is 97.1 Å². The van der Waals surface area contributed by atoms with E-state index >= 15 is 0 Å². The molecule has 4 heteroatoms. The fourth-order valence-electron chi connectivity index (χ4n) is 2.36. The molecule has 1 atom stereocenters. The van der Waals surface area contributed by atoms with Gasteiger partial charge in [-0.25, -0.2) is 4.79 Å². The Morgan fingerprint density at radius 3 is 2.56 bits per heavy atom. The Kier molecular flexibility index (Phi) is 2.86. The molecular weight excluding hydrogens is 204 g/mol. The van der Waals surface area contributed by atoms with Gasteiger partial charge in [-0.05, 0) is 53.0 Å². The van der Waals surface area contributed by atoms with Gasteiger partial charge in [0.1, 0.15) is 5.60 Å². The maximum atomic E-state index is 11.7. The summed E-state index contributed by atoms with van der Waals surface area (Å²) in [5.74, 6) is 0. The van der Waals surface area contributed by atoms with Crippen molar-refractivity contribution < 1.29 is 9.53 Å². The van der Waals surface area contributed by atoms with Crippen LogP contribution in [0.5, 0.6) is 0 Å². The predicted octanol–water partition coefficient (Wildman–Crippen LogP) is 1.80. The SMILES string of the molecule is CC(C)(C)OC(=O)NC1([C@@H]2CCCN2)CC1. The zero-order valence-corrected chi connectivity index (χ0v) is 10.4. The van der Waals surface area contributed by atoms with Crippen LogP contribution in [0.4, 0.5) is 4.79 Å². The summed E-state index contributed by atoms with van der Waals surface area (Å²) in [7, 11) is 0. The Hall–Kier alpha value is -0.770. The van der Waals surface area contributed by atoms with Gasteiger partial charge in [-0.2, -0.15) is 0 Å². The average molecular weight is 226 g/mol. The van der Waals surface area contributed by atoms with Gasteiger partial charge < -0.3 is 15.4 Å². The topological polar surface area (TPSA) is 50.4 Å². The smallest absolute Gasteiger partial charge is 0.408 e. The summed E-state index contributed by atoms with van der Waals surface area (Å²) >= 11 is 0. The number of amides is 1. The lowest BCUT2D eigenvalue weighted by Crippen LogP contribution is -2.51. The van der Waals surface area contributed by atoms with E-state index in [-0.39, 0.29) is 11.6 Å². The molecule has 2 rings (SSSR count). The van der Waals surface area contributed by atoms with Gasteiger partial charge in [0.05, 0.1) is 5.54 Å². The molecule has 0 radical (unpaired) electrons. The first-order chi connectivity index (χ1) is 7.41. The molecule has 0 aromatic carbocycles. The molecule has 1 aliphatic carbocycles. The van der Waals surface area contributed by atoms with E-state index in [0.717, 1.165) is 25.8 Å². The summed E-state index contributed by atoms with van der Waals surface area (Å²) in [6.45, 7) is 6.74. The standard InChI is InChI=1S/C12H22N2O2/c1-11(2,3)16-10(15)14-12(6-7-12)9-5-4-8-13-9/h9,13H,4-8H2,1-3H3,(H,14,15)/t9-/m0/s1. The number of hydrogen-bond donors (Lipinski definition) is 2. The highest BCUT2D eigenvalue weighted by Gasteiger charge is 2.51. The minimum Gasteiger partial charge on any atom is -0.444 e. The summed E-state index contributed by atoms with van der Waals surface area (Å²) in [4.78, 5) is 11.7. The van der Waals surface area contributed by atoms with E-state index in [1.807, 2.05) is 20.8 Å². The van der Waals surface area contributed by atoms with Gasteiger partial charge >= 0.3 is 6.09 Å². The molecule has 16 heavy (non-hydrogen) atoms. The van der Waals surface area contributed by atoms with Gasteiger partial charge in [0.2, 0.25) is 0 Å². The zero-order chi connectivity index (χ0) is 11.8. The number of alkyl carbamates (subject to hydrolysis) is 1. The van der Waals surface area contributed by atoms with Crippen LogP contribution in [0.2, 0.25) is 0 Å². The lowest BCUT2D eigenvalue weighted by Gasteiger charge is -2.27. The molecule has 2 fully saturated rings. The van der Waals surface area contributed by atoms with Crippen molar-refractivity contribution in [1.82, 2.24) is 10.6 Å². The zero-order valence-electron chi connectivity index (χ0n) is 10.4. The summed E-state index contributed by atoms with van der Waals surface area (Å²) < 4.78 is 5.30. The number of nitrogens with one attached hydrogen (secondary N) is 2. The maximum Gasteiger partial charge on any atom is 0.408 e. The third-order valence-electron chi connectivity index (χ3n) is 3.27. The van der Waals surface area contributed by atoms with E-state index in [1.54, 1.807) is 0 Å². The molecule has 1 amide bonds. The molecule has 1 heterocycles. The first-order valence-corrected chi connectivity index (χ1v) is 6.16. The lowest BCUT2D eigenvalue weighted by molar-refractivity contribution is 0.0485. The Morgan fingerprint density at radius 1 is 1.44 bits per heavy atom. The molecule has 0 aromatic heterocycles. The van der Waals surface area contributed by atoms with Crippen LogP contribution >= 0.6 is 0 Å². The van der Waals surface area contributed by atoms with Crippen LogP contribution in [-0.2, 0) is 4.74 Å². The molecule has 0 unspecified atom stereocenters. The van der Waals surface area contributed by atoms with Crippen molar-refractivity contribution in [1.29, 1.82) is 0 Å². The number of rotatable bonds is 2. The van der Waals surface area contributed by atoms with Gasteiger partial charge in [0.15, 0.2) is 0 Å². The second kappa shape index (κ2) is 3.91. The second-order valence-corrected chi connectivity index (χ2v) is 5.93. The van der Waals surface area contributed by atoms with Crippen molar-refractivity contribution in [3.8, 4) is 0 Å². The fourth-order valence-corrected chi connectivity index (χ4v) is 2.36. The molecule has 0 aromatic rings. The van der Waals surface area contributed by atoms with Crippen LogP contribution in [0.1, 0.15) is 46.5 Å². The van der Waals surface area contributed by atoms with Crippen LogP contribution in [0, 0.1) is 0 Å². The fraction of sp³-hybridized carbons (Fsp3) is 0.917. The van der Waals surface area contributed by atoms with E-state index in [4.69, 9.17) is 4.74 Å². The Morgan fingerprint density at radius 2 is 2.12 bits per heavy atom. The van der Waals surface area contributed by atoms with Gasteiger partial charge in [0.25, 0.3) is 0 Å². The second-order valence-electron chi connectivity index (χ2n) is 5.93. The molecular formula is C12H22N2O2. The number of carbonyl (C=O) groups excluding carboxylic acids is 1. The normalized spacial score (nSPS) is 27.6. The van der Waals surface area contributed by atoms with Crippen molar-refractivity contribution in [2.24, 2.45) is 0 Å². The first kappa shape index (κ1) is 11.7. The van der Waals surface area contributed by atoms with Gasteiger partial charge in [0, 0.05) is 6.04 Å². The highest BCUT2D eigenvalue weighted by atomic mass is 16.6. The largest absolute Gasteiger partial charge is 0.444 e. The van der Waals surface area contributed by atoms with Crippen molar-refractivity contribution in [2.45, 2.75) is 63.6 Å². The van der Waals surface area contributed by atoms with Crippen molar-refractivity contribution in [3.05, 3.63) is 0 Å².